The number of carboxylic acid groups (broad SMARTS) is 1. The van der Waals surface area contributed by atoms with E-state index in [2.05, 4.69) is 0 Å². The maximum Gasteiger partial charge on any atom is 0.387 e. The van der Waals surface area contributed by atoms with E-state index in [0.29, 0.717) is 16.1 Å². The second-order valence-corrected chi connectivity index (χ2v) is 8.21. The van der Waals surface area contributed by atoms with Crippen molar-refractivity contribution in [2.24, 2.45) is 0 Å². The third-order valence-corrected chi connectivity index (χ3v) is 6.47. The van der Waals surface area contributed by atoms with Crippen LogP contribution in [0.2, 0.25) is 10.0 Å². The van der Waals surface area contributed by atoms with Crippen LogP contribution < -0.4 is 9.47 Å². The van der Waals surface area contributed by atoms with Gasteiger partial charge < -0.3 is 14.6 Å². The molecule has 9 heteroatoms. The highest BCUT2D eigenvalue weighted by Gasteiger charge is 2.33. The van der Waals surface area contributed by atoms with Crippen molar-refractivity contribution in [2.45, 2.75) is 29.9 Å². The first kappa shape index (κ1) is 17.8. The zero-order chi connectivity index (χ0) is 18.5. The van der Waals surface area contributed by atoms with Gasteiger partial charge in [-0.1, -0.05) is 23.2 Å². The molecule has 132 valence electrons. The summed E-state index contributed by atoms with van der Waals surface area (Å²) in [7, 11) is -3.97. The highest BCUT2D eigenvalue weighted by atomic mass is 35.5. The minimum Gasteiger partial charge on any atom is -0.476 e. The Labute approximate surface area is 153 Å². The molecule has 0 aromatic heterocycles. The summed E-state index contributed by atoms with van der Waals surface area (Å²) >= 11 is 12.0. The van der Waals surface area contributed by atoms with Crippen LogP contribution >= 0.6 is 23.2 Å². The number of hydrogen-bond donors (Lipinski definition) is 1. The lowest BCUT2D eigenvalue weighted by atomic mass is 10.2. The molecule has 6 nitrogen and oxygen atoms in total. The number of fused-ring (bicyclic) bond motifs is 1. The number of carboxylic acids is 1. The van der Waals surface area contributed by atoms with E-state index in [4.69, 9.17) is 37.8 Å². The number of ether oxygens (including phenoxy) is 2. The molecule has 0 saturated carbocycles. The van der Waals surface area contributed by atoms with Crippen LogP contribution in [0, 0.1) is 13.8 Å². The van der Waals surface area contributed by atoms with E-state index in [9.17, 15) is 13.2 Å². The van der Waals surface area contributed by atoms with Crippen LogP contribution in [0.25, 0.3) is 0 Å². The Morgan fingerprint density at radius 1 is 0.960 bits per heavy atom. The monoisotopic (exact) mass is 402 g/mol. The molecule has 0 fully saturated rings. The Morgan fingerprint density at radius 2 is 1.56 bits per heavy atom. The number of benzene rings is 2. The summed E-state index contributed by atoms with van der Waals surface area (Å²) < 4.78 is 36.3. The second kappa shape index (κ2) is 6.09. The average molecular weight is 403 g/mol. The predicted octanol–water partition coefficient (Wildman–Crippen LogP) is 3.62. The number of carbonyl (C=O) groups is 1. The van der Waals surface area contributed by atoms with Gasteiger partial charge >= 0.3 is 12.3 Å². The minimum atomic E-state index is -3.97. The van der Waals surface area contributed by atoms with Crippen molar-refractivity contribution in [3.05, 3.63) is 45.4 Å². The van der Waals surface area contributed by atoms with Crippen LogP contribution in [0.4, 0.5) is 0 Å². The van der Waals surface area contributed by atoms with E-state index in [1.807, 2.05) is 0 Å². The zero-order valence-corrected chi connectivity index (χ0v) is 15.4. The number of aryl methyl sites for hydroxylation is 2. The number of sulfone groups is 1. The molecular weight excluding hydrogens is 391 g/mol. The summed E-state index contributed by atoms with van der Waals surface area (Å²) in [6.45, 7) is 3.24. The summed E-state index contributed by atoms with van der Waals surface area (Å²) in [5.41, 5.74) is 0.936. The SMILES string of the molecule is Cc1cc(S(=O)(=O)c2cc3c(cc2C)OC(C(=O)O)O3)c(Cl)cc1Cl. The van der Waals surface area contributed by atoms with Crippen molar-refractivity contribution in [3.63, 3.8) is 0 Å². The Kier molecular flexibility index (Phi) is 4.35. The van der Waals surface area contributed by atoms with Crippen LogP contribution in [0.5, 0.6) is 11.5 Å². The van der Waals surface area contributed by atoms with E-state index in [1.165, 1.54) is 24.3 Å². The van der Waals surface area contributed by atoms with Gasteiger partial charge in [0.25, 0.3) is 0 Å². The average Bonchev–Trinajstić information content (AvgIpc) is 2.93. The molecule has 1 aliphatic rings. The largest absolute Gasteiger partial charge is 0.476 e. The summed E-state index contributed by atoms with van der Waals surface area (Å²) in [5.74, 6) is -1.10. The fourth-order valence-corrected chi connectivity index (χ4v) is 4.74. The van der Waals surface area contributed by atoms with Crippen LogP contribution in [-0.4, -0.2) is 25.8 Å². The lowest BCUT2D eigenvalue weighted by molar-refractivity contribution is -0.154. The van der Waals surface area contributed by atoms with E-state index in [-0.39, 0.29) is 26.3 Å². The molecular formula is C16H12Cl2O6S. The predicted molar refractivity (Wildman–Crippen MR) is 90.5 cm³/mol. The number of aliphatic carboxylic acids is 1. The summed E-state index contributed by atoms with van der Waals surface area (Å²) in [5, 5.41) is 9.31. The van der Waals surface area contributed by atoms with Crippen LogP contribution in [0.15, 0.2) is 34.1 Å². The molecule has 3 rings (SSSR count). The maximum atomic E-state index is 13.0. The van der Waals surface area contributed by atoms with Crippen LogP contribution in [0.3, 0.4) is 0 Å². The first-order valence-corrected chi connectivity index (χ1v) is 9.26. The summed E-state index contributed by atoms with van der Waals surface area (Å²) in [6, 6.07) is 5.42. The molecule has 1 N–H and O–H groups in total. The Hall–Kier alpha value is -1.96. The lowest BCUT2D eigenvalue weighted by Gasteiger charge is -2.12. The van der Waals surface area contributed by atoms with Gasteiger partial charge in [0.15, 0.2) is 11.5 Å². The van der Waals surface area contributed by atoms with Gasteiger partial charge in [0, 0.05) is 11.1 Å². The number of rotatable bonds is 3. The quantitative estimate of drug-likeness (QED) is 0.842. The first-order chi connectivity index (χ1) is 11.6. The molecule has 2 aromatic rings. The standard InChI is InChI=1S/C16H12Cl2O6S/c1-7-4-14(10(18)5-9(7)17)25(21,22)13-6-12-11(3-8(13)2)23-16(24-12)15(19)20/h3-6,16H,1-2H3,(H,19,20). The zero-order valence-electron chi connectivity index (χ0n) is 13.0. The van der Waals surface area contributed by atoms with Crippen molar-refractivity contribution >= 4 is 39.0 Å². The van der Waals surface area contributed by atoms with Gasteiger partial charge in [0.05, 0.1) is 14.8 Å². The highest BCUT2D eigenvalue weighted by Crippen LogP contribution is 2.41. The molecule has 1 aliphatic heterocycles. The molecule has 0 radical (unpaired) electrons. The molecule has 2 aromatic carbocycles. The second-order valence-electron chi connectivity index (χ2n) is 5.51. The van der Waals surface area contributed by atoms with Crippen molar-refractivity contribution in [1.29, 1.82) is 0 Å². The minimum absolute atomic E-state index is 0.00363. The molecule has 0 amide bonds. The van der Waals surface area contributed by atoms with Crippen molar-refractivity contribution < 1.29 is 27.8 Å². The van der Waals surface area contributed by atoms with Gasteiger partial charge in [-0.2, -0.15) is 0 Å². The van der Waals surface area contributed by atoms with Gasteiger partial charge in [-0.25, -0.2) is 13.2 Å². The van der Waals surface area contributed by atoms with Crippen molar-refractivity contribution in [3.8, 4) is 11.5 Å². The summed E-state index contributed by atoms with van der Waals surface area (Å²) in [4.78, 5) is 10.8. The molecule has 1 heterocycles. The van der Waals surface area contributed by atoms with Crippen molar-refractivity contribution in [1.82, 2.24) is 0 Å². The van der Waals surface area contributed by atoms with E-state index in [1.54, 1.807) is 13.8 Å². The first-order valence-electron chi connectivity index (χ1n) is 7.03. The Morgan fingerprint density at radius 3 is 2.16 bits per heavy atom. The van der Waals surface area contributed by atoms with Gasteiger partial charge in [0.2, 0.25) is 9.84 Å². The Bertz CT molecular complexity index is 1000. The van der Waals surface area contributed by atoms with Gasteiger partial charge in [-0.3, -0.25) is 0 Å². The molecule has 1 atom stereocenters. The molecule has 0 bridgehead atoms. The van der Waals surface area contributed by atoms with E-state index in [0.717, 1.165) is 0 Å². The smallest absolute Gasteiger partial charge is 0.387 e. The fourth-order valence-electron chi connectivity index (χ4n) is 2.43. The van der Waals surface area contributed by atoms with E-state index < -0.39 is 22.1 Å². The number of hydrogen-bond acceptors (Lipinski definition) is 5. The molecule has 1 unspecified atom stereocenters. The topological polar surface area (TPSA) is 89.9 Å². The Balaban J connectivity index is 2.13. The highest BCUT2D eigenvalue weighted by molar-refractivity contribution is 7.91. The van der Waals surface area contributed by atoms with Crippen molar-refractivity contribution in [2.75, 3.05) is 0 Å². The molecule has 0 spiro atoms. The molecule has 0 saturated heterocycles. The van der Waals surface area contributed by atoms with Gasteiger partial charge in [-0.05, 0) is 43.2 Å². The third-order valence-electron chi connectivity index (χ3n) is 3.70. The normalized spacial score (nSPS) is 16.1. The third kappa shape index (κ3) is 3.03. The maximum absolute atomic E-state index is 13.0. The molecule has 25 heavy (non-hydrogen) atoms. The lowest BCUT2D eigenvalue weighted by Crippen LogP contribution is -2.28. The van der Waals surface area contributed by atoms with Gasteiger partial charge in [-0.15, -0.1) is 0 Å². The summed E-state index contributed by atoms with van der Waals surface area (Å²) in [6.07, 6.45) is -1.51. The van der Waals surface area contributed by atoms with Crippen LogP contribution in [-0.2, 0) is 14.6 Å². The van der Waals surface area contributed by atoms with Gasteiger partial charge in [0.1, 0.15) is 0 Å². The number of halogens is 2. The van der Waals surface area contributed by atoms with E-state index >= 15 is 0 Å². The fraction of sp³-hybridized carbons (Fsp3) is 0.188. The molecule has 0 aliphatic carbocycles. The van der Waals surface area contributed by atoms with Crippen LogP contribution in [0.1, 0.15) is 11.1 Å².